The second-order valence-electron chi connectivity index (χ2n) is 3.35. The van der Waals surface area contributed by atoms with Crippen LogP contribution in [0.4, 0.5) is 0 Å². The molecule has 0 N–H and O–H groups in total. The summed E-state index contributed by atoms with van der Waals surface area (Å²) in [5.41, 5.74) is 0.739. The zero-order valence-electron chi connectivity index (χ0n) is 8.39. The molecule has 1 aromatic heterocycles. The van der Waals surface area contributed by atoms with Gasteiger partial charge in [0, 0.05) is 18.3 Å². The molecule has 0 spiro atoms. The van der Waals surface area contributed by atoms with Gasteiger partial charge in [-0.05, 0) is 24.5 Å². The van der Waals surface area contributed by atoms with E-state index in [0.717, 1.165) is 12.0 Å². The highest BCUT2D eigenvalue weighted by Gasteiger charge is 2.11. The van der Waals surface area contributed by atoms with Gasteiger partial charge in [0.1, 0.15) is 0 Å². The molecule has 0 fully saturated rings. The smallest absolute Gasteiger partial charge is 0.154 e. The molecule has 1 heterocycles. The molecule has 84 valence electrons. The van der Waals surface area contributed by atoms with Crippen molar-refractivity contribution in [2.75, 3.05) is 11.6 Å². The van der Waals surface area contributed by atoms with E-state index in [0.29, 0.717) is 12.3 Å². The fourth-order valence-electron chi connectivity index (χ4n) is 1.23. The van der Waals surface area contributed by atoms with Crippen LogP contribution in [-0.2, 0) is 15.6 Å². The maximum Gasteiger partial charge on any atom is 0.154 e. The van der Waals surface area contributed by atoms with Crippen molar-refractivity contribution in [3.05, 3.63) is 30.1 Å². The Hall–Kier alpha value is -0.610. The highest BCUT2D eigenvalue weighted by atomic mass is 35.5. The van der Waals surface area contributed by atoms with Crippen LogP contribution in [0.25, 0.3) is 0 Å². The molecule has 3 nitrogen and oxygen atoms in total. The number of alkyl halides is 1. The molecule has 1 rings (SSSR count). The van der Waals surface area contributed by atoms with Crippen molar-refractivity contribution in [2.24, 2.45) is 0 Å². The second kappa shape index (κ2) is 6.08. The molecule has 15 heavy (non-hydrogen) atoms. The Kier molecular flexibility index (Phi) is 5.05. The van der Waals surface area contributed by atoms with Crippen LogP contribution in [0.15, 0.2) is 24.5 Å². The zero-order chi connectivity index (χ0) is 11.1. The SMILES string of the molecule is O=S(=O)(CCCCCl)Cc1cccnc1. The molecule has 1 aromatic rings. The molecule has 0 unspecified atom stereocenters. The van der Waals surface area contributed by atoms with Gasteiger partial charge in [0.05, 0.1) is 11.5 Å². The van der Waals surface area contributed by atoms with Gasteiger partial charge in [-0.15, -0.1) is 11.6 Å². The summed E-state index contributed by atoms with van der Waals surface area (Å²) < 4.78 is 23.2. The number of rotatable bonds is 6. The highest BCUT2D eigenvalue weighted by molar-refractivity contribution is 7.90. The monoisotopic (exact) mass is 247 g/mol. The third-order valence-electron chi connectivity index (χ3n) is 1.95. The summed E-state index contributed by atoms with van der Waals surface area (Å²) in [6.07, 6.45) is 4.59. The maximum absolute atomic E-state index is 11.6. The van der Waals surface area contributed by atoms with E-state index in [4.69, 9.17) is 11.6 Å². The van der Waals surface area contributed by atoms with Crippen LogP contribution in [-0.4, -0.2) is 25.0 Å². The van der Waals surface area contributed by atoms with E-state index in [1.165, 1.54) is 0 Å². The molecule has 0 bridgehead atoms. The lowest BCUT2D eigenvalue weighted by Gasteiger charge is -2.03. The third kappa shape index (κ3) is 5.14. The topological polar surface area (TPSA) is 47.0 Å². The molecule has 5 heteroatoms. The number of nitrogens with zero attached hydrogens (tertiary/aromatic N) is 1. The Balaban J connectivity index is 2.50. The second-order valence-corrected chi connectivity index (χ2v) is 5.91. The number of unbranched alkanes of at least 4 members (excludes halogenated alkanes) is 1. The van der Waals surface area contributed by atoms with Crippen molar-refractivity contribution in [1.82, 2.24) is 4.98 Å². The first-order valence-electron chi connectivity index (χ1n) is 4.79. The molecule has 0 amide bonds. The van der Waals surface area contributed by atoms with Crippen molar-refractivity contribution < 1.29 is 8.42 Å². The Morgan fingerprint density at radius 2 is 2.13 bits per heavy atom. The van der Waals surface area contributed by atoms with E-state index in [9.17, 15) is 8.42 Å². The van der Waals surface area contributed by atoms with Gasteiger partial charge in [0.2, 0.25) is 0 Å². The van der Waals surface area contributed by atoms with Gasteiger partial charge in [-0.1, -0.05) is 6.07 Å². The number of aromatic nitrogens is 1. The molecule has 0 aromatic carbocycles. The van der Waals surface area contributed by atoms with Crippen LogP contribution < -0.4 is 0 Å². The number of hydrogen-bond donors (Lipinski definition) is 0. The number of halogens is 1. The van der Waals surface area contributed by atoms with E-state index in [2.05, 4.69) is 4.98 Å². The zero-order valence-corrected chi connectivity index (χ0v) is 9.97. The summed E-state index contributed by atoms with van der Waals surface area (Å²) in [6.45, 7) is 0. The minimum absolute atomic E-state index is 0.0725. The van der Waals surface area contributed by atoms with Gasteiger partial charge < -0.3 is 0 Å². The van der Waals surface area contributed by atoms with Gasteiger partial charge in [-0.2, -0.15) is 0 Å². The minimum Gasteiger partial charge on any atom is -0.264 e. The van der Waals surface area contributed by atoms with E-state index < -0.39 is 9.84 Å². The Morgan fingerprint density at radius 1 is 1.33 bits per heavy atom. The lowest BCUT2D eigenvalue weighted by atomic mass is 10.3. The molecule has 0 aliphatic heterocycles. The number of hydrogen-bond acceptors (Lipinski definition) is 3. The molecule has 0 radical (unpaired) electrons. The van der Waals surface area contributed by atoms with Gasteiger partial charge in [0.15, 0.2) is 9.84 Å². The summed E-state index contributed by atoms with van der Waals surface area (Å²) in [7, 11) is -3.01. The van der Waals surface area contributed by atoms with Crippen molar-refractivity contribution >= 4 is 21.4 Å². The first-order chi connectivity index (χ1) is 7.14. The van der Waals surface area contributed by atoms with E-state index in [1.807, 2.05) is 0 Å². The van der Waals surface area contributed by atoms with Crippen LogP contribution in [0.2, 0.25) is 0 Å². The van der Waals surface area contributed by atoms with Gasteiger partial charge in [0.25, 0.3) is 0 Å². The predicted octanol–water partition coefficient (Wildman–Crippen LogP) is 2.02. The van der Waals surface area contributed by atoms with Crippen LogP contribution in [0.3, 0.4) is 0 Å². The molecule has 0 saturated carbocycles. The van der Waals surface area contributed by atoms with Crippen LogP contribution in [0.1, 0.15) is 18.4 Å². The summed E-state index contributed by atoms with van der Waals surface area (Å²) in [5, 5.41) is 0. The minimum atomic E-state index is -3.01. The van der Waals surface area contributed by atoms with Gasteiger partial charge in [-0.3, -0.25) is 4.98 Å². The normalized spacial score (nSPS) is 11.5. The van der Waals surface area contributed by atoms with Gasteiger partial charge >= 0.3 is 0 Å². The molecule has 0 atom stereocenters. The Labute approximate surface area is 95.4 Å². The number of sulfone groups is 1. The largest absolute Gasteiger partial charge is 0.264 e. The quantitative estimate of drug-likeness (QED) is 0.571. The highest BCUT2D eigenvalue weighted by Crippen LogP contribution is 2.07. The lowest BCUT2D eigenvalue weighted by Crippen LogP contribution is -2.09. The van der Waals surface area contributed by atoms with Crippen molar-refractivity contribution in [3.63, 3.8) is 0 Å². The lowest BCUT2D eigenvalue weighted by molar-refractivity contribution is 0.592. The Bertz CT molecular complexity index is 378. The summed E-state index contributed by atoms with van der Waals surface area (Å²) >= 11 is 5.49. The fourth-order valence-corrected chi connectivity index (χ4v) is 2.88. The van der Waals surface area contributed by atoms with Crippen LogP contribution >= 0.6 is 11.6 Å². The van der Waals surface area contributed by atoms with E-state index in [-0.39, 0.29) is 11.5 Å². The average Bonchev–Trinajstić information content (AvgIpc) is 2.18. The van der Waals surface area contributed by atoms with Crippen LogP contribution in [0.5, 0.6) is 0 Å². The third-order valence-corrected chi connectivity index (χ3v) is 3.90. The Morgan fingerprint density at radius 3 is 2.73 bits per heavy atom. The molecule has 0 saturated heterocycles. The van der Waals surface area contributed by atoms with Crippen LogP contribution in [0, 0.1) is 0 Å². The van der Waals surface area contributed by atoms with Crippen molar-refractivity contribution in [1.29, 1.82) is 0 Å². The van der Waals surface area contributed by atoms with Gasteiger partial charge in [-0.25, -0.2) is 8.42 Å². The summed E-state index contributed by atoms with van der Waals surface area (Å²) in [6, 6.07) is 3.51. The van der Waals surface area contributed by atoms with Crippen molar-refractivity contribution in [2.45, 2.75) is 18.6 Å². The average molecular weight is 248 g/mol. The number of pyridine rings is 1. The molecular formula is C10H14ClNO2S. The maximum atomic E-state index is 11.6. The van der Waals surface area contributed by atoms with E-state index >= 15 is 0 Å². The molecule has 0 aliphatic rings. The summed E-state index contributed by atoms with van der Waals surface area (Å²) in [4.78, 5) is 3.88. The van der Waals surface area contributed by atoms with E-state index in [1.54, 1.807) is 24.5 Å². The fraction of sp³-hybridized carbons (Fsp3) is 0.500. The molecule has 0 aliphatic carbocycles. The predicted molar refractivity (Wildman–Crippen MR) is 61.7 cm³/mol. The van der Waals surface area contributed by atoms with Crippen molar-refractivity contribution in [3.8, 4) is 0 Å². The standard InChI is InChI=1S/C10H14ClNO2S/c11-5-1-2-7-15(13,14)9-10-4-3-6-12-8-10/h3-4,6,8H,1-2,5,7,9H2. The molecular weight excluding hydrogens is 234 g/mol. The first kappa shape index (κ1) is 12.5. The first-order valence-corrected chi connectivity index (χ1v) is 7.15. The summed E-state index contributed by atoms with van der Waals surface area (Å²) in [5.74, 6) is 0.792.